The fourth-order valence-corrected chi connectivity index (χ4v) is 2.95. The smallest absolute Gasteiger partial charge is 0.0383 e. The van der Waals surface area contributed by atoms with E-state index in [4.69, 9.17) is 5.73 Å². The molecule has 3 heteroatoms. The van der Waals surface area contributed by atoms with Gasteiger partial charge in [0, 0.05) is 31.5 Å². The van der Waals surface area contributed by atoms with E-state index in [2.05, 4.69) is 16.5 Å². The van der Waals surface area contributed by atoms with Crippen LogP contribution in [0.2, 0.25) is 0 Å². The van der Waals surface area contributed by atoms with Crippen molar-refractivity contribution in [2.45, 2.75) is 25.3 Å². The molecule has 1 aliphatic carbocycles. The van der Waals surface area contributed by atoms with Crippen molar-refractivity contribution in [1.29, 1.82) is 0 Å². The Labute approximate surface area is 97.7 Å². The van der Waals surface area contributed by atoms with Gasteiger partial charge in [-0.15, -0.1) is 0 Å². The first-order valence-corrected chi connectivity index (χ1v) is 6.01. The van der Waals surface area contributed by atoms with Gasteiger partial charge < -0.3 is 5.73 Å². The standard InChI is InChI=1S/C13H21N3/c1-10-3-4-13-12(10)6-8-16(13)9-11(14)5-7-15-2/h5,7,12-13H,1,3-4,6,8-9,14H2,2H3/t12-,13+/m0/s1. The van der Waals surface area contributed by atoms with E-state index < -0.39 is 0 Å². The number of rotatable bonds is 3. The maximum atomic E-state index is 5.96. The summed E-state index contributed by atoms with van der Waals surface area (Å²) >= 11 is 0. The number of allylic oxidation sites excluding steroid dienone is 1. The molecule has 0 amide bonds. The number of hydrogen-bond donors (Lipinski definition) is 1. The van der Waals surface area contributed by atoms with Crippen LogP contribution in [0.1, 0.15) is 19.3 Å². The normalized spacial score (nSPS) is 31.6. The summed E-state index contributed by atoms with van der Waals surface area (Å²) in [6.45, 7) is 6.20. The van der Waals surface area contributed by atoms with Crippen LogP contribution in [0.5, 0.6) is 0 Å². The molecule has 2 aliphatic rings. The van der Waals surface area contributed by atoms with E-state index >= 15 is 0 Å². The zero-order valence-electron chi connectivity index (χ0n) is 10.0. The predicted molar refractivity (Wildman–Crippen MR) is 68.5 cm³/mol. The van der Waals surface area contributed by atoms with Crippen LogP contribution in [0.25, 0.3) is 0 Å². The van der Waals surface area contributed by atoms with Gasteiger partial charge in [-0.1, -0.05) is 12.2 Å². The lowest BCUT2D eigenvalue weighted by Crippen LogP contribution is -2.33. The van der Waals surface area contributed by atoms with Gasteiger partial charge in [-0.05, 0) is 37.8 Å². The molecule has 0 bridgehead atoms. The molecule has 2 atom stereocenters. The first-order valence-electron chi connectivity index (χ1n) is 6.01. The van der Waals surface area contributed by atoms with Gasteiger partial charge in [0.2, 0.25) is 0 Å². The maximum absolute atomic E-state index is 5.96. The highest BCUT2D eigenvalue weighted by Crippen LogP contribution is 2.40. The lowest BCUT2D eigenvalue weighted by molar-refractivity contribution is 0.263. The van der Waals surface area contributed by atoms with Crippen LogP contribution in [0.4, 0.5) is 0 Å². The topological polar surface area (TPSA) is 41.6 Å². The first kappa shape index (κ1) is 11.4. The van der Waals surface area contributed by atoms with Crippen molar-refractivity contribution in [3.8, 4) is 0 Å². The van der Waals surface area contributed by atoms with Crippen molar-refractivity contribution in [1.82, 2.24) is 4.90 Å². The third-order valence-corrected chi connectivity index (χ3v) is 3.77. The molecule has 0 aromatic rings. The Balaban J connectivity index is 1.95. The van der Waals surface area contributed by atoms with E-state index in [1.54, 1.807) is 13.3 Å². The Morgan fingerprint density at radius 3 is 3.19 bits per heavy atom. The summed E-state index contributed by atoms with van der Waals surface area (Å²) in [5, 5.41) is 0. The van der Waals surface area contributed by atoms with Crippen LogP contribution in [-0.4, -0.2) is 37.3 Å². The van der Waals surface area contributed by atoms with Crippen LogP contribution < -0.4 is 5.73 Å². The summed E-state index contributed by atoms with van der Waals surface area (Å²) in [5.41, 5.74) is 8.32. The third-order valence-electron chi connectivity index (χ3n) is 3.77. The highest BCUT2D eigenvalue weighted by Gasteiger charge is 2.39. The number of hydrogen-bond acceptors (Lipinski definition) is 3. The number of likely N-dealkylation sites (tertiary alicyclic amines) is 1. The molecule has 16 heavy (non-hydrogen) atoms. The average molecular weight is 219 g/mol. The van der Waals surface area contributed by atoms with Crippen molar-refractivity contribution >= 4 is 6.21 Å². The molecule has 0 aromatic heterocycles. The van der Waals surface area contributed by atoms with Crippen LogP contribution in [-0.2, 0) is 0 Å². The number of fused-ring (bicyclic) bond motifs is 1. The van der Waals surface area contributed by atoms with E-state index in [9.17, 15) is 0 Å². The lowest BCUT2D eigenvalue weighted by Gasteiger charge is -2.23. The molecule has 2 fully saturated rings. The molecular weight excluding hydrogens is 198 g/mol. The average Bonchev–Trinajstić information content (AvgIpc) is 2.81. The maximum Gasteiger partial charge on any atom is 0.0383 e. The van der Waals surface area contributed by atoms with Crippen molar-refractivity contribution < 1.29 is 0 Å². The fourth-order valence-electron chi connectivity index (χ4n) is 2.95. The van der Waals surface area contributed by atoms with Crippen LogP contribution in [0.15, 0.2) is 28.9 Å². The van der Waals surface area contributed by atoms with Crippen LogP contribution in [0, 0.1) is 5.92 Å². The van der Waals surface area contributed by atoms with E-state index in [0.717, 1.165) is 24.7 Å². The van der Waals surface area contributed by atoms with Gasteiger partial charge >= 0.3 is 0 Å². The molecular formula is C13H21N3. The Morgan fingerprint density at radius 1 is 1.62 bits per heavy atom. The predicted octanol–water partition coefficient (Wildman–Crippen LogP) is 1.57. The van der Waals surface area contributed by atoms with Gasteiger partial charge in [-0.25, -0.2) is 0 Å². The highest BCUT2D eigenvalue weighted by atomic mass is 15.2. The number of nitrogens with two attached hydrogens (primary N) is 1. The third kappa shape index (κ3) is 2.19. The zero-order valence-corrected chi connectivity index (χ0v) is 10.0. The number of nitrogens with zero attached hydrogens (tertiary/aromatic N) is 2. The molecule has 88 valence electrons. The highest BCUT2D eigenvalue weighted by molar-refractivity contribution is 5.71. The minimum absolute atomic E-state index is 0.693. The molecule has 1 heterocycles. The second-order valence-electron chi connectivity index (χ2n) is 4.78. The van der Waals surface area contributed by atoms with Gasteiger partial charge in [0.15, 0.2) is 0 Å². The Bertz CT molecular complexity index is 330. The molecule has 2 N–H and O–H groups in total. The van der Waals surface area contributed by atoms with E-state index in [-0.39, 0.29) is 0 Å². The summed E-state index contributed by atoms with van der Waals surface area (Å²) in [6.07, 6.45) is 7.39. The summed E-state index contributed by atoms with van der Waals surface area (Å²) in [7, 11) is 1.76. The van der Waals surface area contributed by atoms with E-state index in [0.29, 0.717) is 6.04 Å². The molecule has 0 spiro atoms. The van der Waals surface area contributed by atoms with E-state index in [1.807, 2.05) is 6.08 Å². The molecule has 1 aliphatic heterocycles. The Morgan fingerprint density at radius 2 is 2.44 bits per heavy atom. The second-order valence-corrected chi connectivity index (χ2v) is 4.78. The van der Waals surface area contributed by atoms with Crippen molar-refractivity contribution in [2.24, 2.45) is 16.6 Å². The minimum Gasteiger partial charge on any atom is -0.401 e. The molecule has 2 rings (SSSR count). The lowest BCUT2D eigenvalue weighted by atomic mass is 10.0. The monoisotopic (exact) mass is 219 g/mol. The summed E-state index contributed by atoms with van der Waals surface area (Å²) < 4.78 is 0. The van der Waals surface area contributed by atoms with Gasteiger partial charge in [0.25, 0.3) is 0 Å². The Kier molecular flexibility index (Phi) is 3.44. The van der Waals surface area contributed by atoms with Crippen molar-refractivity contribution in [3.05, 3.63) is 23.9 Å². The molecule has 3 nitrogen and oxygen atoms in total. The van der Waals surface area contributed by atoms with Gasteiger partial charge in [-0.2, -0.15) is 0 Å². The zero-order chi connectivity index (χ0) is 11.5. The van der Waals surface area contributed by atoms with Crippen LogP contribution in [0.3, 0.4) is 0 Å². The van der Waals surface area contributed by atoms with Crippen molar-refractivity contribution in [3.63, 3.8) is 0 Å². The SMILES string of the molecule is C=C1CC[C@@H]2[C@H]1CCN2CC(N)=CC=NC. The Hall–Kier alpha value is -1.09. The van der Waals surface area contributed by atoms with Gasteiger partial charge in [0.1, 0.15) is 0 Å². The minimum atomic E-state index is 0.693. The van der Waals surface area contributed by atoms with Gasteiger partial charge in [-0.3, -0.25) is 9.89 Å². The van der Waals surface area contributed by atoms with Gasteiger partial charge in [0.05, 0.1) is 0 Å². The quantitative estimate of drug-likeness (QED) is 0.578. The van der Waals surface area contributed by atoms with Crippen molar-refractivity contribution in [2.75, 3.05) is 20.1 Å². The summed E-state index contributed by atoms with van der Waals surface area (Å²) in [5.74, 6) is 0.729. The largest absolute Gasteiger partial charge is 0.401 e. The molecule has 0 radical (unpaired) electrons. The molecule has 1 saturated heterocycles. The van der Waals surface area contributed by atoms with Crippen LogP contribution >= 0.6 is 0 Å². The summed E-state index contributed by atoms with van der Waals surface area (Å²) in [6, 6.07) is 0.693. The molecule has 0 aromatic carbocycles. The van der Waals surface area contributed by atoms with E-state index in [1.165, 1.54) is 24.8 Å². The first-order chi connectivity index (χ1) is 7.72. The fraction of sp³-hybridized carbons (Fsp3) is 0.615. The second kappa shape index (κ2) is 4.83. The molecule has 1 saturated carbocycles. The molecule has 0 unspecified atom stereocenters. The number of aliphatic imine (C=N–C) groups is 1. The summed E-state index contributed by atoms with van der Waals surface area (Å²) in [4.78, 5) is 6.41.